The number of amides is 2. The molecule has 1 aromatic carbocycles. The van der Waals surface area contributed by atoms with E-state index in [9.17, 15) is 14.4 Å². The first kappa shape index (κ1) is 19.9. The standard InChI is InChI=1S/C23H30N2O4/c26-21(14-29-22(27)13-17-12-15-9-10-16(17)11-15)25-20-8-4-3-7-19(20)23(28)24-18-5-1-2-6-18/h3-4,7-8,15-18H,1-2,5-6,9-14H2,(H,24,28)(H,25,26)/t15-,16-,17-/m1/s1. The van der Waals surface area contributed by atoms with Crippen LogP contribution in [0.4, 0.5) is 5.69 Å². The SMILES string of the molecule is O=C(COC(=O)C[C@H]1C[C@@H]2CC[C@@H]1C2)Nc1ccccc1C(=O)NC1CCCC1. The zero-order chi connectivity index (χ0) is 20.2. The first-order valence-corrected chi connectivity index (χ1v) is 10.9. The summed E-state index contributed by atoms with van der Waals surface area (Å²) in [6, 6.07) is 7.13. The highest BCUT2D eigenvalue weighted by Gasteiger charge is 2.40. The molecule has 29 heavy (non-hydrogen) atoms. The molecule has 0 aromatic heterocycles. The van der Waals surface area contributed by atoms with Crippen LogP contribution in [-0.4, -0.2) is 30.4 Å². The molecule has 6 nitrogen and oxygen atoms in total. The fourth-order valence-electron chi connectivity index (χ4n) is 5.36. The Morgan fingerprint density at radius 2 is 1.79 bits per heavy atom. The topological polar surface area (TPSA) is 84.5 Å². The Morgan fingerprint density at radius 3 is 2.52 bits per heavy atom. The Bertz CT molecular complexity index is 772. The molecule has 156 valence electrons. The number of anilines is 1. The molecule has 6 heteroatoms. The van der Waals surface area contributed by atoms with E-state index >= 15 is 0 Å². The van der Waals surface area contributed by atoms with Crippen molar-refractivity contribution in [2.45, 2.75) is 63.8 Å². The molecule has 3 atom stereocenters. The van der Waals surface area contributed by atoms with Gasteiger partial charge >= 0.3 is 5.97 Å². The van der Waals surface area contributed by atoms with Crippen LogP contribution in [0.25, 0.3) is 0 Å². The summed E-state index contributed by atoms with van der Waals surface area (Å²) in [5, 5.41) is 5.75. The predicted molar refractivity (Wildman–Crippen MR) is 109 cm³/mol. The number of carbonyl (C=O) groups excluding carboxylic acids is 3. The van der Waals surface area contributed by atoms with Gasteiger partial charge in [-0.05, 0) is 62.0 Å². The lowest BCUT2D eigenvalue weighted by Crippen LogP contribution is -2.33. The number of esters is 1. The molecule has 0 heterocycles. The molecule has 3 aliphatic carbocycles. The second-order valence-electron chi connectivity index (χ2n) is 8.85. The zero-order valence-corrected chi connectivity index (χ0v) is 16.8. The molecule has 4 rings (SSSR count). The van der Waals surface area contributed by atoms with Crippen LogP contribution < -0.4 is 10.6 Å². The molecule has 0 spiro atoms. The zero-order valence-electron chi connectivity index (χ0n) is 16.8. The van der Waals surface area contributed by atoms with E-state index in [2.05, 4.69) is 10.6 Å². The minimum atomic E-state index is -0.424. The molecule has 0 aliphatic heterocycles. The highest BCUT2D eigenvalue weighted by Crippen LogP contribution is 2.49. The van der Waals surface area contributed by atoms with E-state index < -0.39 is 5.91 Å². The monoisotopic (exact) mass is 398 g/mol. The molecule has 2 amide bonds. The lowest BCUT2D eigenvalue weighted by Gasteiger charge is -2.20. The van der Waals surface area contributed by atoms with Crippen molar-refractivity contribution in [2.75, 3.05) is 11.9 Å². The second-order valence-corrected chi connectivity index (χ2v) is 8.85. The van der Waals surface area contributed by atoms with Gasteiger partial charge in [0, 0.05) is 12.5 Å². The van der Waals surface area contributed by atoms with E-state index in [4.69, 9.17) is 4.74 Å². The van der Waals surface area contributed by atoms with Gasteiger partial charge in [-0.3, -0.25) is 14.4 Å². The maximum absolute atomic E-state index is 12.6. The van der Waals surface area contributed by atoms with Gasteiger partial charge in [0.05, 0.1) is 11.3 Å². The minimum absolute atomic E-state index is 0.180. The van der Waals surface area contributed by atoms with Crippen LogP contribution in [0.3, 0.4) is 0 Å². The molecular weight excluding hydrogens is 368 g/mol. The molecule has 2 N–H and O–H groups in total. The molecule has 3 aliphatic rings. The van der Waals surface area contributed by atoms with Crippen molar-refractivity contribution in [2.24, 2.45) is 17.8 Å². The van der Waals surface area contributed by atoms with Gasteiger partial charge in [0.1, 0.15) is 0 Å². The molecule has 3 saturated carbocycles. The van der Waals surface area contributed by atoms with Crippen molar-refractivity contribution in [3.63, 3.8) is 0 Å². The first-order valence-electron chi connectivity index (χ1n) is 10.9. The summed E-state index contributed by atoms with van der Waals surface area (Å²) in [4.78, 5) is 37.0. The third-order valence-corrected chi connectivity index (χ3v) is 6.81. The Morgan fingerprint density at radius 1 is 1.00 bits per heavy atom. The average Bonchev–Trinajstić information content (AvgIpc) is 3.45. The Hall–Kier alpha value is -2.37. The van der Waals surface area contributed by atoms with E-state index in [1.807, 2.05) is 0 Å². The lowest BCUT2D eigenvalue weighted by atomic mass is 9.86. The van der Waals surface area contributed by atoms with Gasteiger partial charge in [0.2, 0.25) is 0 Å². The lowest BCUT2D eigenvalue weighted by molar-refractivity contribution is -0.148. The molecule has 2 bridgehead atoms. The Balaban J connectivity index is 1.26. The van der Waals surface area contributed by atoms with Crippen molar-refractivity contribution in [3.8, 4) is 0 Å². The van der Waals surface area contributed by atoms with Crippen molar-refractivity contribution >= 4 is 23.5 Å². The van der Waals surface area contributed by atoms with Crippen LogP contribution in [-0.2, 0) is 14.3 Å². The fraction of sp³-hybridized carbons (Fsp3) is 0.609. The van der Waals surface area contributed by atoms with Crippen LogP contribution in [0.5, 0.6) is 0 Å². The van der Waals surface area contributed by atoms with E-state index in [0.717, 1.165) is 38.0 Å². The predicted octanol–water partition coefficient (Wildman–Crippen LogP) is 3.67. The van der Waals surface area contributed by atoms with Gasteiger partial charge in [0.25, 0.3) is 11.8 Å². The number of benzene rings is 1. The molecule has 1 aromatic rings. The number of ether oxygens (including phenoxy) is 1. The number of fused-ring (bicyclic) bond motifs is 2. The van der Waals surface area contributed by atoms with Crippen molar-refractivity contribution in [1.29, 1.82) is 0 Å². The van der Waals surface area contributed by atoms with Gasteiger partial charge in [0.15, 0.2) is 6.61 Å². The van der Waals surface area contributed by atoms with Crippen molar-refractivity contribution in [1.82, 2.24) is 5.32 Å². The van der Waals surface area contributed by atoms with Gasteiger partial charge < -0.3 is 15.4 Å². The summed E-state index contributed by atoms with van der Waals surface area (Å²) in [6.45, 7) is -0.321. The summed E-state index contributed by atoms with van der Waals surface area (Å²) in [5.74, 6) is 0.961. The molecule has 0 saturated heterocycles. The number of nitrogens with one attached hydrogen (secondary N) is 2. The number of carbonyl (C=O) groups is 3. The summed E-state index contributed by atoms with van der Waals surface area (Å²) in [7, 11) is 0. The summed E-state index contributed by atoms with van der Waals surface area (Å²) >= 11 is 0. The molecule has 0 radical (unpaired) electrons. The second kappa shape index (κ2) is 8.97. The highest BCUT2D eigenvalue weighted by atomic mass is 16.5. The summed E-state index contributed by atoms with van der Waals surface area (Å²) in [6.07, 6.45) is 9.57. The number of hydrogen-bond acceptors (Lipinski definition) is 4. The van der Waals surface area contributed by atoms with Gasteiger partial charge in [-0.25, -0.2) is 0 Å². The van der Waals surface area contributed by atoms with Crippen LogP contribution in [0.1, 0.15) is 68.1 Å². The smallest absolute Gasteiger partial charge is 0.306 e. The van der Waals surface area contributed by atoms with Crippen LogP contribution in [0.15, 0.2) is 24.3 Å². The minimum Gasteiger partial charge on any atom is -0.456 e. The quantitative estimate of drug-likeness (QED) is 0.687. The fourth-order valence-corrected chi connectivity index (χ4v) is 5.36. The summed E-state index contributed by atoms with van der Waals surface area (Å²) < 4.78 is 5.20. The number of rotatable bonds is 7. The van der Waals surface area contributed by atoms with Crippen molar-refractivity contribution in [3.05, 3.63) is 29.8 Å². The third-order valence-electron chi connectivity index (χ3n) is 6.81. The van der Waals surface area contributed by atoms with Gasteiger partial charge in [-0.15, -0.1) is 0 Å². The average molecular weight is 399 g/mol. The third kappa shape index (κ3) is 4.98. The normalized spacial score (nSPS) is 25.7. The van der Waals surface area contributed by atoms with Crippen LogP contribution in [0.2, 0.25) is 0 Å². The summed E-state index contributed by atoms with van der Waals surface area (Å²) in [5.41, 5.74) is 0.873. The van der Waals surface area contributed by atoms with E-state index in [1.54, 1.807) is 24.3 Å². The number of hydrogen-bond donors (Lipinski definition) is 2. The first-order chi connectivity index (χ1) is 14.1. The Kier molecular flexibility index (Phi) is 6.16. The van der Waals surface area contributed by atoms with Crippen molar-refractivity contribution < 1.29 is 19.1 Å². The molecular formula is C23H30N2O4. The van der Waals surface area contributed by atoms with Gasteiger partial charge in [-0.2, -0.15) is 0 Å². The maximum atomic E-state index is 12.6. The molecule has 0 unspecified atom stereocenters. The van der Waals surface area contributed by atoms with Gasteiger partial charge in [-0.1, -0.05) is 31.4 Å². The Labute approximate surface area is 171 Å². The van der Waals surface area contributed by atoms with E-state index in [0.29, 0.717) is 29.5 Å². The van der Waals surface area contributed by atoms with E-state index in [1.165, 1.54) is 19.3 Å². The van der Waals surface area contributed by atoms with Crippen LogP contribution in [0, 0.1) is 17.8 Å². The molecule has 3 fully saturated rings. The largest absolute Gasteiger partial charge is 0.456 e. The maximum Gasteiger partial charge on any atom is 0.306 e. The van der Waals surface area contributed by atoms with Crippen LogP contribution >= 0.6 is 0 Å². The number of para-hydroxylation sites is 1. The van der Waals surface area contributed by atoms with E-state index in [-0.39, 0.29) is 24.5 Å². The highest BCUT2D eigenvalue weighted by molar-refractivity contribution is 6.04.